The van der Waals surface area contributed by atoms with Crippen LogP contribution < -0.4 is 0 Å². The predicted molar refractivity (Wildman–Crippen MR) is 59.0 cm³/mol. The monoisotopic (exact) mass is 194 g/mol. The van der Waals surface area contributed by atoms with Gasteiger partial charge in [0.05, 0.1) is 0 Å². The van der Waals surface area contributed by atoms with Gasteiger partial charge in [0.25, 0.3) is 0 Å². The molecule has 0 fully saturated rings. The van der Waals surface area contributed by atoms with Gasteiger partial charge in [-0.15, -0.1) is 0 Å². The third-order valence-electron chi connectivity index (χ3n) is 2.98. The van der Waals surface area contributed by atoms with Crippen LogP contribution in [0.4, 0.5) is 4.39 Å². The number of rotatable bonds is 1. The van der Waals surface area contributed by atoms with Crippen LogP contribution in [0.1, 0.15) is 44.7 Å². The molecule has 78 valence electrons. The van der Waals surface area contributed by atoms with Crippen molar-refractivity contribution in [3.05, 3.63) is 35.1 Å². The fourth-order valence-electron chi connectivity index (χ4n) is 1.44. The summed E-state index contributed by atoms with van der Waals surface area (Å²) in [7, 11) is 0. The van der Waals surface area contributed by atoms with Gasteiger partial charge < -0.3 is 0 Å². The average Bonchev–Trinajstić information content (AvgIpc) is 2.07. The molecule has 0 saturated heterocycles. The Labute approximate surface area is 86.2 Å². The Morgan fingerprint density at radius 2 is 1.79 bits per heavy atom. The van der Waals surface area contributed by atoms with Crippen LogP contribution in [0.2, 0.25) is 0 Å². The topological polar surface area (TPSA) is 0 Å². The second kappa shape index (κ2) is 3.72. The Bertz CT molecular complexity index is 320. The first kappa shape index (κ1) is 11.2. The van der Waals surface area contributed by atoms with E-state index < -0.39 is 0 Å². The van der Waals surface area contributed by atoms with Gasteiger partial charge in [-0.05, 0) is 35.4 Å². The Morgan fingerprint density at radius 1 is 1.21 bits per heavy atom. The summed E-state index contributed by atoms with van der Waals surface area (Å²) in [5, 5.41) is 0. The highest BCUT2D eigenvalue weighted by Gasteiger charge is 2.21. The first-order chi connectivity index (χ1) is 6.32. The molecular weight excluding hydrogens is 175 g/mol. The van der Waals surface area contributed by atoms with Gasteiger partial charge in [0.15, 0.2) is 0 Å². The maximum absolute atomic E-state index is 13.1. The van der Waals surface area contributed by atoms with Crippen molar-refractivity contribution in [1.82, 2.24) is 0 Å². The molecule has 0 aliphatic carbocycles. The van der Waals surface area contributed by atoms with Crippen LogP contribution >= 0.6 is 0 Å². The van der Waals surface area contributed by atoms with E-state index in [1.807, 2.05) is 19.1 Å². The van der Waals surface area contributed by atoms with E-state index in [0.29, 0.717) is 5.92 Å². The molecule has 0 heterocycles. The van der Waals surface area contributed by atoms with Crippen molar-refractivity contribution in [2.24, 2.45) is 5.41 Å². The standard InChI is InChI=1S/C13H19F/c1-9-8-11(6-7-12(9)14)10(2)13(3,4)5/h6-8,10H,1-5H3. The molecule has 1 unspecified atom stereocenters. The number of aryl methyl sites for hydroxylation is 1. The van der Waals surface area contributed by atoms with Gasteiger partial charge in [-0.2, -0.15) is 0 Å². The maximum atomic E-state index is 13.1. The summed E-state index contributed by atoms with van der Waals surface area (Å²) in [4.78, 5) is 0. The minimum atomic E-state index is -0.116. The normalized spacial score (nSPS) is 14.1. The van der Waals surface area contributed by atoms with Crippen molar-refractivity contribution < 1.29 is 4.39 Å². The smallest absolute Gasteiger partial charge is 0.126 e. The van der Waals surface area contributed by atoms with Gasteiger partial charge >= 0.3 is 0 Å². The van der Waals surface area contributed by atoms with Crippen LogP contribution in [0.3, 0.4) is 0 Å². The van der Waals surface area contributed by atoms with Crippen molar-refractivity contribution >= 4 is 0 Å². The molecule has 0 radical (unpaired) electrons. The summed E-state index contributed by atoms with van der Waals surface area (Å²) >= 11 is 0. The molecule has 14 heavy (non-hydrogen) atoms. The van der Waals surface area contributed by atoms with Gasteiger partial charge in [-0.25, -0.2) is 4.39 Å². The predicted octanol–water partition coefficient (Wildman–Crippen LogP) is 4.28. The van der Waals surface area contributed by atoms with E-state index in [1.165, 1.54) is 5.56 Å². The quantitative estimate of drug-likeness (QED) is 0.625. The first-order valence-corrected chi connectivity index (χ1v) is 5.08. The van der Waals surface area contributed by atoms with E-state index in [4.69, 9.17) is 0 Å². The highest BCUT2D eigenvalue weighted by molar-refractivity contribution is 5.27. The number of hydrogen-bond acceptors (Lipinski definition) is 0. The summed E-state index contributed by atoms with van der Waals surface area (Å²) in [6, 6.07) is 5.40. The van der Waals surface area contributed by atoms with Crippen molar-refractivity contribution in [3.63, 3.8) is 0 Å². The Hall–Kier alpha value is -0.850. The minimum absolute atomic E-state index is 0.116. The first-order valence-electron chi connectivity index (χ1n) is 5.08. The molecule has 0 aromatic heterocycles. The molecule has 1 heteroatoms. The van der Waals surface area contributed by atoms with Gasteiger partial charge in [-0.1, -0.05) is 39.8 Å². The second-order valence-corrected chi connectivity index (χ2v) is 5.10. The minimum Gasteiger partial charge on any atom is -0.207 e. The molecule has 0 nitrogen and oxygen atoms in total. The fraction of sp³-hybridized carbons (Fsp3) is 0.538. The zero-order valence-electron chi connectivity index (χ0n) is 9.69. The van der Waals surface area contributed by atoms with Crippen molar-refractivity contribution in [3.8, 4) is 0 Å². The third-order valence-corrected chi connectivity index (χ3v) is 2.98. The lowest BCUT2D eigenvalue weighted by Gasteiger charge is -2.27. The molecular formula is C13H19F. The third kappa shape index (κ3) is 2.34. The lowest BCUT2D eigenvalue weighted by molar-refractivity contribution is 0.339. The van der Waals surface area contributed by atoms with Gasteiger partial charge in [0.1, 0.15) is 5.82 Å². The summed E-state index contributed by atoms with van der Waals surface area (Å²) in [5.74, 6) is 0.330. The van der Waals surface area contributed by atoms with E-state index in [2.05, 4.69) is 27.7 Å². The Morgan fingerprint density at radius 3 is 2.21 bits per heavy atom. The van der Waals surface area contributed by atoms with E-state index in [0.717, 1.165) is 5.56 Å². The summed E-state index contributed by atoms with van der Waals surface area (Å²) in [6.45, 7) is 10.6. The van der Waals surface area contributed by atoms with Crippen molar-refractivity contribution in [2.75, 3.05) is 0 Å². The Kier molecular flexibility index (Phi) is 2.98. The van der Waals surface area contributed by atoms with Crippen LogP contribution in [0.5, 0.6) is 0 Å². The van der Waals surface area contributed by atoms with Crippen molar-refractivity contribution in [2.45, 2.75) is 40.5 Å². The van der Waals surface area contributed by atoms with Crippen LogP contribution in [0.25, 0.3) is 0 Å². The molecule has 0 N–H and O–H groups in total. The summed E-state index contributed by atoms with van der Waals surface area (Å²) < 4.78 is 13.1. The zero-order valence-corrected chi connectivity index (χ0v) is 9.69. The summed E-state index contributed by atoms with van der Waals surface area (Å²) in [5.41, 5.74) is 2.18. The molecule has 0 bridgehead atoms. The molecule has 0 aliphatic heterocycles. The van der Waals surface area contributed by atoms with Crippen molar-refractivity contribution in [1.29, 1.82) is 0 Å². The fourth-order valence-corrected chi connectivity index (χ4v) is 1.44. The molecule has 0 spiro atoms. The molecule has 0 aliphatic rings. The van der Waals surface area contributed by atoms with Gasteiger partial charge in [0.2, 0.25) is 0 Å². The van der Waals surface area contributed by atoms with Gasteiger partial charge in [-0.3, -0.25) is 0 Å². The molecule has 1 aromatic rings. The van der Waals surface area contributed by atoms with E-state index >= 15 is 0 Å². The van der Waals surface area contributed by atoms with Crippen LogP contribution in [-0.2, 0) is 0 Å². The second-order valence-electron chi connectivity index (χ2n) is 5.10. The number of hydrogen-bond donors (Lipinski definition) is 0. The van der Waals surface area contributed by atoms with Crippen LogP contribution in [-0.4, -0.2) is 0 Å². The van der Waals surface area contributed by atoms with Gasteiger partial charge in [0, 0.05) is 0 Å². The summed E-state index contributed by atoms with van der Waals surface area (Å²) in [6.07, 6.45) is 0. The van der Waals surface area contributed by atoms with Crippen LogP contribution in [0.15, 0.2) is 18.2 Å². The maximum Gasteiger partial charge on any atom is 0.126 e. The lowest BCUT2D eigenvalue weighted by Crippen LogP contribution is -2.15. The van der Waals surface area contributed by atoms with E-state index in [-0.39, 0.29) is 11.2 Å². The number of halogens is 1. The van der Waals surface area contributed by atoms with E-state index in [9.17, 15) is 4.39 Å². The highest BCUT2D eigenvalue weighted by Crippen LogP contribution is 2.34. The van der Waals surface area contributed by atoms with Crippen LogP contribution in [0, 0.1) is 18.2 Å². The largest absolute Gasteiger partial charge is 0.207 e. The molecule has 1 atom stereocenters. The molecule has 0 amide bonds. The molecule has 1 aromatic carbocycles. The lowest BCUT2D eigenvalue weighted by atomic mass is 9.77. The SMILES string of the molecule is Cc1cc(C(C)C(C)(C)C)ccc1F. The molecule has 1 rings (SSSR count). The Balaban J connectivity index is 3.03. The highest BCUT2D eigenvalue weighted by atomic mass is 19.1. The average molecular weight is 194 g/mol. The van der Waals surface area contributed by atoms with E-state index in [1.54, 1.807) is 6.07 Å². The number of benzene rings is 1. The molecule has 0 saturated carbocycles. The zero-order chi connectivity index (χ0) is 10.9.